The number of carbonyl (C=O) groups is 3. The maximum atomic E-state index is 11.7. The lowest BCUT2D eigenvalue weighted by Crippen LogP contribution is -2.46. The van der Waals surface area contributed by atoms with Crippen molar-refractivity contribution >= 4 is 52.3 Å². The van der Waals surface area contributed by atoms with E-state index in [4.69, 9.17) is 27.9 Å². The molecule has 1 aromatic heterocycles. The van der Waals surface area contributed by atoms with Gasteiger partial charge in [-0.15, -0.1) is 11.3 Å². The maximum absolute atomic E-state index is 11.7. The number of ether oxygens (including phenoxy) is 1. The summed E-state index contributed by atoms with van der Waals surface area (Å²) >= 11 is 13.0. The van der Waals surface area contributed by atoms with E-state index in [1.807, 2.05) is 0 Å². The van der Waals surface area contributed by atoms with Gasteiger partial charge in [-0.25, -0.2) is 0 Å². The Hall–Kier alpha value is -2.29. The fraction of sp³-hybridized carbons (Fsp3) is 0.235. The Labute approximate surface area is 170 Å². The molecule has 0 atom stereocenters. The van der Waals surface area contributed by atoms with Gasteiger partial charge in [0.25, 0.3) is 11.8 Å². The minimum Gasteiger partial charge on any atom is -0.492 e. The first-order valence-corrected chi connectivity index (χ1v) is 9.56. The molecule has 0 unspecified atom stereocenters. The van der Waals surface area contributed by atoms with Crippen LogP contribution in [0.5, 0.6) is 5.75 Å². The van der Waals surface area contributed by atoms with Crippen LogP contribution in [0.3, 0.4) is 0 Å². The predicted octanol–water partition coefficient (Wildman–Crippen LogP) is 2.79. The van der Waals surface area contributed by atoms with Gasteiger partial charge >= 0.3 is 0 Å². The molecule has 0 radical (unpaired) electrons. The number of thiophene rings is 1. The molecule has 3 N–H and O–H groups in total. The summed E-state index contributed by atoms with van der Waals surface area (Å²) in [5, 5.41) is 5.12. The Morgan fingerprint density at radius 1 is 1.07 bits per heavy atom. The number of hydrazine groups is 1. The second kappa shape index (κ2) is 10.8. The fourth-order valence-electron chi connectivity index (χ4n) is 1.91. The van der Waals surface area contributed by atoms with E-state index in [1.165, 1.54) is 11.3 Å². The molecule has 0 aliphatic heterocycles. The van der Waals surface area contributed by atoms with Crippen LogP contribution < -0.4 is 20.9 Å². The highest BCUT2D eigenvalue weighted by molar-refractivity contribution is 7.12. The Bertz CT molecular complexity index is 799. The van der Waals surface area contributed by atoms with Gasteiger partial charge in [-0.1, -0.05) is 29.3 Å². The summed E-state index contributed by atoms with van der Waals surface area (Å²) in [6.07, 6.45) is 0.572. The van der Waals surface area contributed by atoms with Gasteiger partial charge in [0, 0.05) is 11.4 Å². The van der Waals surface area contributed by atoms with Crippen LogP contribution in [0.15, 0.2) is 35.7 Å². The van der Waals surface area contributed by atoms with Crippen LogP contribution >= 0.6 is 34.5 Å². The molecule has 0 bridgehead atoms. The topological polar surface area (TPSA) is 96.5 Å². The minimum absolute atomic E-state index is 0.146. The van der Waals surface area contributed by atoms with Crippen molar-refractivity contribution < 1.29 is 19.1 Å². The second-order valence-electron chi connectivity index (χ2n) is 5.28. The molecular formula is C17H17Cl2N3O4S. The smallest absolute Gasteiger partial charge is 0.261 e. The summed E-state index contributed by atoms with van der Waals surface area (Å²) in [6.45, 7) is 0.0365. The van der Waals surface area contributed by atoms with Gasteiger partial charge in [-0.3, -0.25) is 25.2 Å². The van der Waals surface area contributed by atoms with E-state index in [0.29, 0.717) is 27.1 Å². The standard InChI is InChI=1S/C17H17Cl2N3O4S/c18-11-5-6-13(12(19)9-11)26-7-1-4-15(23)21-22-16(24)10-20-17(25)14-3-2-8-27-14/h2-3,5-6,8-9H,1,4,7,10H2,(H,20,25)(H,21,23)(H,22,24). The summed E-state index contributed by atoms with van der Waals surface area (Å²) in [4.78, 5) is 35.5. The number of nitrogens with one attached hydrogen (secondary N) is 3. The molecule has 27 heavy (non-hydrogen) atoms. The van der Waals surface area contributed by atoms with Gasteiger partial charge in [0.05, 0.1) is 23.1 Å². The van der Waals surface area contributed by atoms with Crippen LogP contribution in [0.25, 0.3) is 0 Å². The first-order valence-electron chi connectivity index (χ1n) is 7.93. The SMILES string of the molecule is O=C(CCCOc1ccc(Cl)cc1Cl)NNC(=O)CNC(=O)c1cccs1. The van der Waals surface area contributed by atoms with Gasteiger partial charge in [0.15, 0.2) is 0 Å². The summed E-state index contributed by atoms with van der Waals surface area (Å²) in [6, 6.07) is 8.26. The first kappa shape index (κ1) is 21.0. The van der Waals surface area contributed by atoms with E-state index in [9.17, 15) is 14.4 Å². The summed E-state index contributed by atoms with van der Waals surface area (Å²) in [5.41, 5.74) is 4.50. The van der Waals surface area contributed by atoms with Crippen molar-refractivity contribution in [3.05, 3.63) is 50.6 Å². The zero-order valence-corrected chi connectivity index (χ0v) is 16.4. The highest BCUT2D eigenvalue weighted by Crippen LogP contribution is 2.27. The summed E-state index contributed by atoms with van der Waals surface area (Å²) in [7, 11) is 0. The van der Waals surface area contributed by atoms with E-state index >= 15 is 0 Å². The lowest BCUT2D eigenvalue weighted by molar-refractivity contribution is -0.128. The third kappa shape index (κ3) is 7.46. The van der Waals surface area contributed by atoms with E-state index in [0.717, 1.165) is 0 Å². The summed E-state index contributed by atoms with van der Waals surface area (Å²) < 4.78 is 5.46. The molecular weight excluding hydrogens is 413 g/mol. The summed E-state index contributed by atoms with van der Waals surface area (Å²) in [5.74, 6) is -0.767. The number of carbonyl (C=O) groups excluding carboxylic acids is 3. The van der Waals surface area contributed by atoms with Crippen molar-refractivity contribution in [2.75, 3.05) is 13.2 Å². The molecule has 0 saturated heterocycles. The monoisotopic (exact) mass is 429 g/mol. The predicted molar refractivity (Wildman–Crippen MR) is 104 cm³/mol. The second-order valence-corrected chi connectivity index (χ2v) is 7.07. The minimum atomic E-state index is -0.530. The van der Waals surface area contributed by atoms with Crippen LogP contribution in [0, 0.1) is 0 Å². The number of hydrogen-bond donors (Lipinski definition) is 3. The number of amides is 3. The molecule has 0 saturated carbocycles. The average Bonchev–Trinajstić information content (AvgIpc) is 3.17. The van der Waals surface area contributed by atoms with Crippen LogP contribution in [0.4, 0.5) is 0 Å². The van der Waals surface area contributed by atoms with Crippen LogP contribution in [-0.2, 0) is 9.59 Å². The third-order valence-electron chi connectivity index (χ3n) is 3.20. The van der Waals surface area contributed by atoms with Crippen LogP contribution in [-0.4, -0.2) is 30.9 Å². The van der Waals surface area contributed by atoms with Crippen molar-refractivity contribution in [2.24, 2.45) is 0 Å². The molecule has 2 aromatic rings. The van der Waals surface area contributed by atoms with Gasteiger partial charge in [-0.05, 0) is 36.1 Å². The van der Waals surface area contributed by atoms with E-state index < -0.39 is 5.91 Å². The molecule has 3 amide bonds. The van der Waals surface area contributed by atoms with Crippen molar-refractivity contribution in [3.8, 4) is 5.75 Å². The van der Waals surface area contributed by atoms with E-state index in [2.05, 4.69) is 16.2 Å². The van der Waals surface area contributed by atoms with Crippen LogP contribution in [0.1, 0.15) is 22.5 Å². The molecule has 0 fully saturated rings. The Morgan fingerprint density at radius 3 is 2.56 bits per heavy atom. The highest BCUT2D eigenvalue weighted by atomic mass is 35.5. The zero-order chi connectivity index (χ0) is 19.6. The van der Waals surface area contributed by atoms with E-state index in [-0.39, 0.29) is 31.4 Å². The molecule has 1 aromatic carbocycles. The number of benzene rings is 1. The molecule has 0 aliphatic carbocycles. The molecule has 1 heterocycles. The van der Waals surface area contributed by atoms with Gasteiger partial charge < -0.3 is 10.1 Å². The Kier molecular flexibility index (Phi) is 8.38. The quantitative estimate of drug-likeness (QED) is 0.443. The maximum Gasteiger partial charge on any atom is 0.261 e. The number of halogens is 2. The highest BCUT2D eigenvalue weighted by Gasteiger charge is 2.09. The Morgan fingerprint density at radius 2 is 1.85 bits per heavy atom. The van der Waals surface area contributed by atoms with Gasteiger partial charge in [0.1, 0.15) is 5.75 Å². The molecule has 144 valence electrons. The average molecular weight is 430 g/mol. The Balaban J connectivity index is 1.57. The first-order chi connectivity index (χ1) is 13.0. The normalized spacial score (nSPS) is 10.1. The van der Waals surface area contributed by atoms with Gasteiger partial charge in [-0.2, -0.15) is 0 Å². The number of hydrogen-bond acceptors (Lipinski definition) is 5. The van der Waals surface area contributed by atoms with Crippen molar-refractivity contribution in [3.63, 3.8) is 0 Å². The molecule has 0 aliphatic rings. The molecule has 10 heteroatoms. The van der Waals surface area contributed by atoms with Crippen molar-refractivity contribution in [1.29, 1.82) is 0 Å². The van der Waals surface area contributed by atoms with Gasteiger partial charge in [0.2, 0.25) is 5.91 Å². The largest absolute Gasteiger partial charge is 0.492 e. The molecule has 7 nitrogen and oxygen atoms in total. The number of rotatable bonds is 8. The lowest BCUT2D eigenvalue weighted by Gasteiger charge is -2.09. The lowest BCUT2D eigenvalue weighted by atomic mass is 10.3. The van der Waals surface area contributed by atoms with E-state index in [1.54, 1.807) is 35.7 Å². The molecule has 0 spiro atoms. The zero-order valence-electron chi connectivity index (χ0n) is 14.1. The molecule has 2 rings (SSSR count). The van der Waals surface area contributed by atoms with Crippen molar-refractivity contribution in [1.82, 2.24) is 16.2 Å². The van der Waals surface area contributed by atoms with Crippen molar-refractivity contribution in [2.45, 2.75) is 12.8 Å². The third-order valence-corrected chi connectivity index (χ3v) is 4.59. The fourth-order valence-corrected chi connectivity index (χ4v) is 3.01. The van der Waals surface area contributed by atoms with Crippen LogP contribution in [0.2, 0.25) is 10.0 Å².